The number of rotatable bonds is 6. The molecule has 1 atom stereocenters. The minimum Gasteiger partial charge on any atom is -0.493 e. The van der Waals surface area contributed by atoms with Crippen molar-refractivity contribution in [3.05, 3.63) is 76.4 Å². The van der Waals surface area contributed by atoms with Gasteiger partial charge in [-0.25, -0.2) is 4.68 Å². The van der Waals surface area contributed by atoms with Gasteiger partial charge in [0.05, 0.1) is 18.2 Å². The smallest absolute Gasteiger partial charge is 0.305 e. The third-order valence-electron chi connectivity index (χ3n) is 4.14. The van der Waals surface area contributed by atoms with Crippen LogP contribution in [-0.2, 0) is 4.79 Å². The van der Waals surface area contributed by atoms with Gasteiger partial charge >= 0.3 is 5.97 Å². The van der Waals surface area contributed by atoms with Gasteiger partial charge in [0.1, 0.15) is 0 Å². The summed E-state index contributed by atoms with van der Waals surface area (Å²) in [6.45, 7) is 1.92. The van der Waals surface area contributed by atoms with Crippen LogP contribution in [0.25, 0.3) is 5.69 Å². The third-order valence-corrected chi connectivity index (χ3v) is 4.37. The molecule has 2 aromatic carbocycles. The molecule has 0 bridgehead atoms. The van der Waals surface area contributed by atoms with Gasteiger partial charge in [0.2, 0.25) is 5.88 Å². The van der Waals surface area contributed by atoms with E-state index in [1.54, 1.807) is 36.4 Å². The van der Waals surface area contributed by atoms with Crippen molar-refractivity contribution in [2.24, 2.45) is 0 Å². The fourth-order valence-electron chi connectivity index (χ4n) is 2.74. The van der Waals surface area contributed by atoms with Crippen LogP contribution in [-0.4, -0.2) is 31.9 Å². The molecule has 1 heterocycles. The summed E-state index contributed by atoms with van der Waals surface area (Å²) in [5, 5.41) is 26.6. The zero-order valence-electron chi connectivity index (χ0n) is 15.0. The molecule has 0 fully saturated rings. The standard InChI is InChI=1S/C20H18ClN3O4/c1-12-5-7-13(8-6-12)16(11-19(26)27)22-20(28)17-10-18(25)24(23-17)15-4-2-3-14(21)9-15/h2-10,16,25H,11H2,1H3,(H,22,28)(H,26,27). The van der Waals surface area contributed by atoms with Gasteiger partial charge in [0, 0.05) is 11.1 Å². The van der Waals surface area contributed by atoms with E-state index in [2.05, 4.69) is 10.4 Å². The van der Waals surface area contributed by atoms with Crippen molar-refractivity contribution in [1.82, 2.24) is 15.1 Å². The molecule has 0 aliphatic heterocycles. The minimum atomic E-state index is -1.04. The number of aromatic hydroxyl groups is 1. The summed E-state index contributed by atoms with van der Waals surface area (Å²) in [7, 11) is 0. The number of carboxylic acid groups (broad SMARTS) is 1. The van der Waals surface area contributed by atoms with Gasteiger partial charge in [-0.2, -0.15) is 5.10 Å². The van der Waals surface area contributed by atoms with E-state index in [9.17, 15) is 19.8 Å². The van der Waals surface area contributed by atoms with Crippen molar-refractivity contribution in [3.8, 4) is 11.6 Å². The van der Waals surface area contributed by atoms with Crippen LogP contribution >= 0.6 is 11.6 Å². The molecule has 8 heteroatoms. The average molecular weight is 400 g/mol. The predicted octanol–water partition coefficient (Wildman–Crippen LogP) is 3.49. The van der Waals surface area contributed by atoms with Crippen LogP contribution in [0.2, 0.25) is 5.02 Å². The first-order valence-electron chi connectivity index (χ1n) is 8.47. The number of carboxylic acids is 1. The molecule has 3 N–H and O–H groups in total. The molecule has 144 valence electrons. The predicted molar refractivity (Wildman–Crippen MR) is 104 cm³/mol. The molecule has 3 aromatic rings. The monoisotopic (exact) mass is 399 g/mol. The van der Waals surface area contributed by atoms with Crippen LogP contribution in [0.5, 0.6) is 5.88 Å². The Labute approximate surface area is 166 Å². The first kappa shape index (κ1) is 19.4. The highest BCUT2D eigenvalue weighted by atomic mass is 35.5. The second kappa shape index (κ2) is 8.14. The van der Waals surface area contributed by atoms with Gasteiger partial charge in [-0.3, -0.25) is 9.59 Å². The number of nitrogens with one attached hydrogen (secondary N) is 1. The van der Waals surface area contributed by atoms with E-state index < -0.39 is 17.9 Å². The Balaban J connectivity index is 1.85. The van der Waals surface area contributed by atoms with E-state index in [0.717, 1.165) is 5.56 Å². The first-order chi connectivity index (χ1) is 13.3. The highest BCUT2D eigenvalue weighted by Crippen LogP contribution is 2.22. The van der Waals surface area contributed by atoms with Gasteiger partial charge in [-0.05, 0) is 30.7 Å². The molecule has 28 heavy (non-hydrogen) atoms. The van der Waals surface area contributed by atoms with E-state index in [4.69, 9.17) is 11.6 Å². The summed E-state index contributed by atoms with van der Waals surface area (Å²) in [5.74, 6) is -1.88. The van der Waals surface area contributed by atoms with E-state index in [1.807, 2.05) is 19.1 Å². The van der Waals surface area contributed by atoms with Gasteiger partial charge in [-0.15, -0.1) is 0 Å². The van der Waals surface area contributed by atoms with E-state index in [0.29, 0.717) is 16.3 Å². The molecular weight excluding hydrogens is 382 g/mol. The number of carbonyl (C=O) groups excluding carboxylic acids is 1. The molecule has 0 aliphatic carbocycles. The van der Waals surface area contributed by atoms with Gasteiger partial charge in [-0.1, -0.05) is 47.5 Å². The Hall–Kier alpha value is -3.32. The molecule has 7 nitrogen and oxygen atoms in total. The lowest BCUT2D eigenvalue weighted by Crippen LogP contribution is -2.30. The fraction of sp³-hybridized carbons (Fsp3) is 0.150. The van der Waals surface area contributed by atoms with Crippen molar-refractivity contribution in [2.75, 3.05) is 0 Å². The maximum Gasteiger partial charge on any atom is 0.305 e. The Morgan fingerprint density at radius 1 is 1.18 bits per heavy atom. The minimum absolute atomic E-state index is 0.0417. The zero-order valence-corrected chi connectivity index (χ0v) is 15.7. The fourth-order valence-corrected chi connectivity index (χ4v) is 2.92. The first-order valence-corrected chi connectivity index (χ1v) is 8.85. The van der Waals surface area contributed by atoms with Crippen LogP contribution < -0.4 is 5.32 Å². The van der Waals surface area contributed by atoms with Crippen LogP contribution in [0.4, 0.5) is 0 Å². The number of halogens is 1. The molecule has 0 radical (unpaired) electrons. The largest absolute Gasteiger partial charge is 0.493 e. The number of amides is 1. The summed E-state index contributed by atoms with van der Waals surface area (Å²) < 4.78 is 1.18. The van der Waals surface area contributed by atoms with Crippen molar-refractivity contribution in [2.45, 2.75) is 19.4 Å². The summed E-state index contributed by atoms with van der Waals surface area (Å²) >= 11 is 5.95. The van der Waals surface area contributed by atoms with Crippen LogP contribution in [0, 0.1) is 6.92 Å². The average Bonchev–Trinajstić information content (AvgIpc) is 3.03. The molecule has 1 amide bonds. The second-order valence-corrected chi connectivity index (χ2v) is 6.75. The van der Waals surface area contributed by atoms with Gasteiger partial charge < -0.3 is 15.5 Å². The Kier molecular flexibility index (Phi) is 5.65. The normalized spacial score (nSPS) is 11.8. The number of aryl methyl sites for hydroxylation is 1. The highest BCUT2D eigenvalue weighted by Gasteiger charge is 2.22. The van der Waals surface area contributed by atoms with Crippen molar-refractivity contribution >= 4 is 23.5 Å². The molecule has 1 aromatic heterocycles. The lowest BCUT2D eigenvalue weighted by atomic mass is 10.0. The van der Waals surface area contributed by atoms with Crippen molar-refractivity contribution in [3.63, 3.8) is 0 Å². The summed E-state index contributed by atoms with van der Waals surface area (Å²) in [6, 6.07) is 14.3. The SMILES string of the molecule is Cc1ccc(C(CC(=O)O)NC(=O)c2cc(O)n(-c3cccc(Cl)c3)n2)cc1. The molecule has 1 unspecified atom stereocenters. The molecule has 3 rings (SSSR count). The molecule has 0 saturated heterocycles. The van der Waals surface area contributed by atoms with Crippen molar-refractivity contribution < 1.29 is 19.8 Å². The lowest BCUT2D eigenvalue weighted by Gasteiger charge is -2.17. The molecule has 0 saturated carbocycles. The summed E-state index contributed by atoms with van der Waals surface area (Å²) in [5.41, 5.74) is 2.14. The summed E-state index contributed by atoms with van der Waals surface area (Å²) in [4.78, 5) is 23.8. The number of aliphatic carboxylic acids is 1. The second-order valence-electron chi connectivity index (χ2n) is 6.31. The van der Waals surface area contributed by atoms with Crippen LogP contribution in [0.1, 0.15) is 34.1 Å². The molecule has 0 spiro atoms. The Morgan fingerprint density at radius 3 is 2.54 bits per heavy atom. The van der Waals surface area contributed by atoms with Crippen LogP contribution in [0.3, 0.4) is 0 Å². The van der Waals surface area contributed by atoms with E-state index >= 15 is 0 Å². The number of benzene rings is 2. The number of nitrogens with zero attached hydrogens (tertiary/aromatic N) is 2. The third kappa shape index (κ3) is 4.50. The number of aromatic nitrogens is 2. The zero-order chi connectivity index (χ0) is 20.3. The highest BCUT2D eigenvalue weighted by molar-refractivity contribution is 6.30. The number of hydrogen-bond donors (Lipinski definition) is 3. The maximum absolute atomic E-state index is 12.6. The summed E-state index contributed by atoms with van der Waals surface area (Å²) in [6.07, 6.45) is -0.282. The lowest BCUT2D eigenvalue weighted by molar-refractivity contribution is -0.137. The van der Waals surface area contributed by atoms with Crippen LogP contribution in [0.15, 0.2) is 54.6 Å². The Morgan fingerprint density at radius 2 is 1.89 bits per heavy atom. The molecule has 0 aliphatic rings. The van der Waals surface area contributed by atoms with Crippen molar-refractivity contribution in [1.29, 1.82) is 0 Å². The van der Waals surface area contributed by atoms with E-state index in [-0.39, 0.29) is 18.0 Å². The van der Waals surface area contributed by atoms with Gasteiger partial charge in [0.15, 0.2) is 5.69 Å². The Bertz CT molecular complexity index is 1010. The van der Waals surface area contributed by atoms with E-state index in [1.165, 1.54) is 10.7 Å². The quantitative estimate of drug-likeness (QED) is 0.588. The van der Waals surface area contributed by atoms with Gasteiger partial charge in [0.25, 0.3) is 5.91 Å². The topological polar surface area (TPSA) is 104 Å². The molecular formula is C20H18ClN3O4. The number of carbonyl (C=O) groups is 2. The number of hydrogen-bond acceptors (Lipinski definition) is 4. The maximum atomic E-state index is 12.6.